The fourth-order valence-corrected chi connectivity index (χ4v) is 8.31. The molecule has 1 amide bonds. The van der Waals surface area contributed by atoms with Crippen LogP contribution in [0.3, 0.4) is 0 Å². The number of ketones is 3. The van der Waals surface area contributed by atoms with Crippen LogP contribution in [0.2, 0.25) is 0 Å². The standard InChI is InChI=1S/C44H69NO13S/c1-13-44(11,40(51)56-21-20-54-19-18-53-12)33(46)25-43(9,10)39(50)55-17-16-45-41(52)57-22-23-59-38-30(6)36(48)35(29(5)37(38)49)42(7,8)26-34(47)58-32-15-14-28(4)24-31(32)27(2)3/h27-28,31-32H,13-26H2,1-12H3,(H,45,52)/t28-,31+,32-,44?/m1/s1. The van der Waals surface area contributed by atoms with Gasteiger partial charge < -0.3 is 33.7 Å². The zero-order chi connectivity index (χ0) is 44.7. The summed E-state index contributed by atoms with van der Waals surface area (Å²) in [5, 5.41) is 2.49. The smallest absolute Gasteiger partial charge is 0.407 e. The maximum absolute atomic E-state index is 13.7. The molecule has 0 aliphatic heterocycles. The Balaban J connectivity index is 1.81. The minimum atomic E-state index is -1.46. The SMILES string of the molecule is CCC(C)(C(=O)CC(C)(C)C(=O)OCCNC(=O)OCCSC1=C(C)C(=O)C(C(C)(C)CC(=O)O[C@@H]2CC[C@@H](C)C[C@H]2C(C)C)=C(C)C1=O)C(=O)OCCOCCOC. The van der Waals surface area contributed by atoms with E-state index in [0.717, 1.165) is 31.0 Å². The lowest BCUT2D eigenvalue weighted by Crippen LogP contribution is -2.42. The fourth-order valence-electron chi connectivity index (χ4n) is 7.35. The minimum absolute atomic E-state index is 0.0268. The first-order valence-corrected chi connectivity index (χ1v) is 21.7. The predicted octanol–water partition coefficient (Wildman–Crippen LogP) is 6.76. The Kier molecular flexibility index (Phi) is 20.5. The highest BCUT2D eigenvalue weighted by molar-refractivity contribution is 8.04. The van der Waals surface area contributed by atoms with Crippen molar-refractivity contribution >= 4 is 53.1 Å². The average molecular weight is 852 g/mol. The highest BCUT2D eigenvalue weighted by Gasteiger charge is 2.45. The molecule has 2 rings (SSSR count). The molecule has 0 saturated heterocycles. The van der Waals surface area contributed by atoms with E-state index in [1.165, 1.54) is 20.8 Å². The van der Waals surface area contributed by atoms with Crippen molar-refractivity contribution in [1.82, 2.24) is 5.32 Å². The lowest BCUT2D eigenvalue weighted by molar-refractivity contribution is -0.165. The zero-order valence-corrected chi connectivity index (χ0v) is 38.2. The monoisotopic (exact) mass is 851 g/mol. The first-order chi connectivity index (χ1) is 27.5. The van der Waals surface area contributed by atoms with Crippen LogP contribution in [0, 0.1) is 34.0 Å². The van der Waals surface area contributed by atoms with Gasteiger partial charge in [0.1, 0.15) is 31.3 Å². The number of ether oxygens (including phenoxy) is 6. The molecule has 2 aliphatic carbocycles. The molecule has 0 aromatic carbocycles. The highest BCUT2D eigenvalue weighted by Crippen LogP contribution is 2.42. The van der Waals surface area contributed by atoms with Crippen LogP contribution in [-0.2, 0) is 57.2 Å². The molecular weight excluding hydrogens is 783 g/mol. The van der Waals surface area contributed by atoms with E-state index in [1.54, 1.807) is 41.7 Å². The fraction of sp³-hybridized carbons (Fsp3) is 0.750. The van der Waals surface area contributed by atoms with Crippen molar-refractivity contribution in [2.45, 2.75) is 121 Å². The second-order valence-electron chi connectivity index (χ2n) is 17.5. The summed E-state index contributed by atoms with van der Waals surface area (Å²) in [6.07, 6.45) is 1.76. The summed E-state index contributed by atoms with van der Waals surface area (Å²) in [5.74, 6) is -1.39. The second-order valence-corrected chi connectivity index (χ2v) is 18.6. The number of hydrogen-bond acceptors (Lipinski definition) is 14. The molecule has 1 fully saturated rings. The van der Waals surface area contributed by atoms with Crippen LogP contribution in [0.1, 0.15) is 115 Å². The van der Waals surface area contributed by atoms with Crippen molar-refractivity contribution in [1.29, 1.82) is 0 Å². The largest absolute Gasteiger partial charge is 0.463 e. The minimum Gasteiger partial charge on any atom is -0.463 e. The maximum Gasteiger partial charge on any atom is 0.407 e. The van der Waals surface area contributed by atoms with E-state index in [9.17, 15) is 33.6 Å². The normalized spacial score (nSPS) is 20.0. The van der Waals surface area contributed by atoms with E-state index < -0.39 is 40.1 Å². The number of hydrogen-bond donors (Lipinski definition) is 1. The van der Waals surface area contributed by atoms with Crippen molar-refractivity contribution in [2.24, 2.45) is 34.0 Å². The summed E-state index contributed by atoms with van der Waals surface area (Å²) in [6, 6.07) is 0. The van der Waals surface area contributed by atoms with Crippen LogP contribution in [0.4, 0.5) is 4.79 Å². The molecule has 2 aliphatic rings. The van der Waals surface area contributed by atoms with Crippen molar-refractivity contribution in [3.8, 4) is 0 Å². The van der Waals surface area contributed by atoms with Crippen molar-refractivity contribution in [2.75, 3.05) is 59.0 Å². The Morgan fingerprint density at radius 3 is 2.08 bits per heavy atom. The van der Waals surface area contributed by atoms with Crippen LogP contribution in [0.15, 0.2) is 21.6 Å². The number of carbonyl (C=O) groups excluding carboxylic acids is 7. The lowest BCUT2D eigenvalue weighted by Gasteiger charge is -2.37. The highest BCUT2D eigenvalue weighted by atomic mass is 32.2. The third-order valence-corrected chi connectivity index (χ3v) is 12.5. The molecule has 1 saturated carbocycles. The summed E-state index contributed by atoms with van der Waals surface area (Å²) in [6.45, 7) is 20.1. The average Bonchev–Trinajstić information content (AvgIpc) is 3.16. The van der Waals surface area contributed by atoms with Gasteiger partial charge in [0.05, 0.1) is 43.1 Å². The van der Waals surface area contributed by atoms with Gasteiger partial charge >= 0.3 is 24.0 Å². The van der Waals surface area contributed by atoms with Gasteiger partial charge in [-0.2, -0.15) is 0 Å². The van der Waals surface area contributed by atoms with Gasteiger partial charge in [0.2, 0.25) is 0 Å². The van der Waals surface area contributed by atoms with Crippen LogP contribution < -0.4 is 5.32 Å². The van der Waals surface area contributed by atoms with Gasteiger partial charge in [-0.25, -0.2) is 4.79 Å². The number of esters is 3. The van der Waals surface area contributed by atoms with Crippen molar-refractivity contribution in [3.63, 3.8) is 0 Å². The first-order valence-electron chi connectivity index (χ1n) is 20.7. The van der Waals surface area contributed by atoms with E-state index >= 15 is 0 Å². The molecule has 334 valence electrons. The predicted molar refractivity (Wildman–Crippen MR) is 223 cm³/mol. The Bertz CT molecular complexity index is 1600. The van der Waals surface area contributed by atoms with Crippen LogP contribution >= 0.6 is 11.8 Å². The summed E-state index contributed by atoms with van der Waals surface area (Å²) < 4.78 is 32.0. The van der Waals surface area contributed by atoms with Gasteiger partial charge in [0.15, 0.2) is 17.3 Å². The van der Waals surface area contributed by atoms with Crippen LogP contribution in [-0.4, -0.2) is 107 Å². The molecule has 0 heterocycles. The van der Waals surface area contributed by atoms with Crippen LogP contribution in [0.5, 0.6) is 0 Å². The van der Waals surface area contributed by atoms with Crippen molar-refractivity contribution in [3.05, 3.63) is 21.6 Å². The summed E-state index contributed by atoms with van der Waals surface area (Å²) >= 11 is 1.11. The Morgan fingerprint density at radius 1 is 0.814 bits per heavy atom. The van der Waals surface area contributed by atoms with E-state index in [0.29, 0.717) is 30.6 Å². The van der Waals surface area contributed by atoms with Gasteiger partial charge in [-0.05, 0) is 78.1 Å². The summed E-state index contributed by atoms with van der Waals surface area (Å²) in [7, 11) is 1.54. The Hall–Kier alpha value is -3.56. The van der Waals surface area contributed by atoms with Crippen molar-refractivity contribution < 1.29 is 62.0 Å². The van der Waals surface area contributed by atoms with Crippen LogP contribution in [0.25, 0.3) is 0 Å². The molecule has 0 aromatic rings. The van der Waals surface area contributed by atoms with E-state index in [-0.39, 0.29) is 104 Å². The third-order valence-electron chi connectivity index (χ3n) is 11.3. The second kappa shape index (κ2) is 23.4. The van der Waals surface area contributed by atoms with Gasteiger partial charge in [0, 0.05) is 41.4 Å². The van der Waals surface area contributed by atoms with Gasteiger partial charge in [-0.3, -0.25) is 28.8 Å². The number of nitrogens with one attached hydrogen (secondary N) is 1. The molecule has 0 radical (unpaired) electrons. The number of amides is 1. The van der Waals surface area contributed by atoms with E-state index in [4.69, 9.17) is 28.4 Å². The van der Waals surface area contributed by atoms with E-state index in [2.05, 4.69) is 26.1 Å². The molecule has 1 unspecified atom stereocenters. The molecule has 15 heteroatoms. The number of rotatable bonds is 24. The molecule has 0 spiro atoms. The number of Topliss-reactive ketones (excluding diaryl/α,β-unsaturated/α-hetero) is 3. The third kappa shape index (κ3) is 14.8. The van der Waals surface area contributed by atoms with E-state index in [1.807, 2.05) is 0 Å². The quantitative estimate of drug-likeness (QED) is 0.0353. The number of methoxy groups -OCH3 is 1. The molecule has 0 aromatic heterocycles. The molecular formula is C44H69NO13S. The number of thioether (sulfide) groups is 1. The topological polar surface area (TPSA) is 187 Å². The molecule has 59 heavy (non-hydrogen) atoms. The summed E-state index contributed by atoms with van der Waals surface area (Å²) in [5.41, 5.74) is -2.79. The lowest BCUT2D eigenvalue weighted by atomic mass is 9.72. The summed E-state index contributed by atoms with van der Waals surface area (Å²) in [4.78, 5) is 92.0. The van der Waals surface area contributed by atoms with Gasteiger partial charge in [0.25, 0.3) is 0 Å². The molecule has 14 nitrogen and oxygen atoms in total. The molecule has 0 bridgehead atoms. The number of alkyl carbamates (subject to hydrolysis) is 1. The maximum atomic E-state index is 13.7. The van der Waals surface area contributed by atoms with Gasteiger partial charge in [-0.1, -0.05) is 41.5 Å². The van der Waals surface area contributed by atoms with Gasteiger partial charge in [-0.15, -0.1) is 11.8 Å². The Morgan fingerprint density at radius 2 is 1.46 bits per heavy atom. The molecule has 1 N–H and O–H groups in total. The number of allylic oxidation sites excluding steroid dienone is 4. The Labute approximate surface area is 355 Å². The number of carbonyl (C=O) groups is 7. The molecule has 4 atom stereocenters. The zero-order valence-electron chi connectivity index (χ0n) is 37.4. The first kappa shape index (κ1) is 51.6.